The highest BCUT2D eigenvalue weighted by Gasteiger charge is 2.23. The first-order valence-electron chi connectivity index (χ1n) is 8.17. The van der Waals surface area contributed by atoms with Crippen molar-refractivity contribution in [2.75, 3.05) is 5.32 Å². The summed E-state index contributed by atoms with van der Waals surface area (Å²) in [6.07, 6.45) is 0.353. The summed E-state index contributed by atoms with van der Waals surface area (Å²) in [5, 5.41) is 29.4. The van der Waals surface area contributed by atoms with Gasteiger partial charge in [-0.05, 0) is 42.0 Å². The monoisotopic (exact) mass is 384 g/mol. The fourth-order valence-corrected chi connectivity index (χ4v) is 2.40. The lowest BCUT2D eigenvalue weighted by atomic mass is 9.96. The fourth-order valence-electron chi connectivity index (χ4n) is 2.40. The number of hydrogen-bond donors (Lipinski definition) is 3. The van der Waals surface area contributed by atoms with Gasteiger partial charge >= 0.3 is 12.1 Å². The zero-order valence-electron chi connectivity index (χ0n) is 14.8. The highest BCUT2D eigenvalue weighted by atomic mass is 19.1. The molecular weight excluding hydrogens is 367 g/mol. The Bertz CT molecular complexity index is 935. The largest absolute Gasteiger partial charge is 0.505 e. The van der Waals surface area contributed by atoms with E-state index in [0.717, 1.165) is 18.2 Å². The molecule has 0 saturated heterocycles. The van der Waals surface area contributed by atoms with E-state index in [-0.39, 0.29) is 5.56 Å². The third-order valence-electron chi connectivity index (χ3n) is 3.81. The Morgan fingerprint density at radius 1 is 1.25 bits per heavy atom. The summed E-state index contributed by atoms with van der Waals surface area (Å²) in [7, 11) is 0. The van der Waals surface area contributed by atoms with Crippen LogP contribution in [0.5, 0.6) is 5.75 Å². The second kappa shape index (κ2) is 9.19. The first-order chi connectivity index (χ1) is 13.3. The number of rotatable bonds is 6. The van der Waals surface area contributed by atoms with Crippen LogP contribution < -0.4 is 5.32 Å². The van der Waals surface area contributed by atoms with Gasteiger partial charge < -0.3 is 14.9 Å². The molecule has 0 saturated carbocycles. The number of halogens is 1. The van der Waals surface area contributed by atoms with Crippen LogP contribution in [0.2, 0.25) is 0 Å². The van der Waals surface area contributed by atoms with Gasteiger partial charge in [-0.25, -0.2) is 14.0 Å². The number of nitrogens with one attached hydrogen (secondary N) is 1. The van der Waals surface area contributed by atoms with Gasteiger partial charge in [0.1, 0.15) is 6.10 Å². The van der Waals surface area contributed by atoms with E-state index in [0.29, 0.717) is 11.3 Å². The van der Waals surface area contributed by atoms with Crippen molar-refractivity contribution in [3.05, 3.63) is 71.6 Å². The van der Waals surface area contributed by atoms with Crippen molar-refractivity contribution in [1.29, 1.82) is 5.26 Å². The highest BCUT2D eigenvalue weighted by Crippen LogP contribution is 2.30. The van der Waals surface area contributed by atoms with Crippen molar-refractivity contribution in [3.63, 3.8) is 0 Å². The van der Waals surface area contributed by atoms with Crippen LogP contribution in [0.1, 0.15) is 24.2 Å². The second-order valence-corrected chi connectivity index (χ2v) is 5.91. The Morgan fingerprint density at radius 2 is 1.93 bits per heavy atom. The van der Waals surface area contributed by atoms with Gasteiger partial charge in [-0.1, -0.05) is 19.1 Å². The molecule has 0 aliphatic rings. The SMILES string of the molecule is C[C@H](/C=C/C(=O)O)[C@@H](OC(=O)Nc1ccc(C#N)cc1)c1ccc(O)c(F)c1. The Kier molecular flexibility index (Phi) is 6.71. The molecule has 3 N–H and O–H groups in total. The van der Waals surface area contributed by atoms with Crippen LogP contribution in [0.15, 0.2) is 54.6 Å². The standard InChI is InChI=1S/C20H17FN2O5/c1-12(2-9-18(25)26)19(14-5-8-17(24)16(21)10-14)28-20(27)23-15-6-3-13(11-22)4-7-15/h2-10,12,19,24H,1H3,(H,23,27)(H,25,26)/b9-2+/t12-,19-/m1/s1. The Morgan fingerprint density at radius 3 is 2.50 bits per heavy atom. The van der Waals surface area contributed by atoms with Crippen molar-refractivity contribution in [1.82, 2.24) is 0 Å². The van der Waals surface area contributed by atoms with Crippen LogP contribution in [0.3, 0.4) is 0 Å². The summed E-state index contributed by atoms with van der Waals surface area (Å²) in [5.41, 5.74) is 1.05. The van der Waals surface area contributed by atoms with Crippen molar-refractivity contribution in [2.24, 2.45) is 5.92 Å². The van der Waals surface area contributed by atoms with Gasteiger partial charge in [0.05, 0.1) is 11.6 Å². The van der Waals surface area contributed by atoms with E-state index in [1.165, 1.54) is 36.4 Å². The minimum absolute atomic E-state index is 0.243. The molecule has 2 aromatic rings. The van der Waals surface area contributed by atoms with Crippen molar-refractivity contribution >= 4 is 17.7 Å². The molecule has 0 aliphatic carbocycles. The fraction of sp³-hybridized carbons (Fsp3) is 0.150. The molecule has 0 spiro atoms. The van der Waals surface area contributed by atoms with E-state index in [1.54, 1.807) is 6.92 Å². The van der Waals surface area contributed by atoms with Crippen molar-refractivity contribution in [2.45, 2.75) is 13.0 Å². The average Bonchev–Trinajstić information content (AvgIpc) is 2.67. The van der Waals surface area contributed by atoms with Crippen LogP contribution in [-0.4, -0.2) is 22.3 Å². The van der Waals surface area contributed by atoms with Gasteiger partial charge in [-0.3, -0.25) is 5.32 Å². The van der Waals surface area contributed by atoms with Crippen molar-refractivity contribution < 1.29 is 28.9 Å². The number of ether oxygens (including phenoxy) is 1. The molecule has 0 bridgehead atoms. The molecule has 2 aromatic carbocycles. The zero-order chi connectivity index (χ0) is 20.7. The van der Waals surface area contributed by atoms with Gasteiger partial charge in [0, 0.05) is 17.7 Å². The predicted molar refractivity (Wildman–Crippen MR) is 98.0 cm³/mol. The third kappa shape index (κ3) is 5.57. The number of nitriles is 1. The lowest BCUT2D eigenvalue weighted by Crippen LogP contribution is -2.21. The van der Waals surface area contributed by atoms with E-state index in [4.69, 9.17) is 15.1 Å². The number of carboxylic acids is 1. The second-order valence-electron chi connectivity index (χ2n) is 5.91. The Hall–Kier alpha value is -3.86. The molecule has 7 nitrogen and oxygen atoms in total. The van der Waals surface area contributed by atoms with Gasteiger partial charge in [0.15, 0.2) is 11.6 Å². The maximum atomic E-state index is 13.7. The number of hydrogen-bond acceptors (Lipinski definition) is 5. The first-order valence-corrected chi connectivity index (χ1v) is 8.17. The molecule has 2 atom stereocenters. The van der Waals surface area contributed by atoms with Crippen LogP contribution in [0.4, 0.5) is 14.9 Å². The van der Waals surface area contributed by atoms with E-state index < -0.39 is 35.7 Å². The Labute approximate surface area is 160 Å². The molecule has 0 radical (unpaired) electrons. The average molecular weight is 384 g/mol. The summed E-state index contributed by atoms with van der Waals surface area (Å²) in [4.78, 5) is 23.0. The number of carboxylic acid groups (broad SMARTS) is 1. The minimum atomic E-state index is -1.18. The van der Waals surface area contributed by atoms with Crippen LogP contribution in [-0.2, 0) is 9.53 Å². The summed E-state index contributed by atoms with van der Waals surface area (Å²) >= 11 is 0. The summed E-state index contributed by atoms with van der Waals surface area (Å²) in [6.45, 7) is 1.60. The van der Waals surface area contributed by atoms with Crippen LogP contribution in [0.25, 0.3) is 0 Å². The van der Waals surface area contributed by atoms with Gasteiger partial charge in [0.2, 0.25) is 0 Å². The van der Waals surface area contributed by atoms with Crippen LogP contribution in [0, 0.1) is 23.1 Å². The number of phenols is 1. The number of benzene rings is 2. The van der Waals surface area contributed by atoms with E-state index in [2.05, 4.69) is 5.32 Å². The maximum absolute atomic E-state index is 13.7. The molecule has 1 amide bonds. The third-order valence-corrected chi connectivity index (χ3v) is 3.81. The number of anilines is 1. The van der Waals surface area contributed by atoms with E-state index in [9.17, 15) is 19.1 Å². The molecule has 144 valence electrons. The lowest BCUT2D eigenvalue weighted by molar-refractivity contribution is -0.131. The molecule has 28 heavy (non-hydrogen) atoms. The molecule has 0 heterocycles. The maximum Gasteiger partial charge on any atom is 0.412 e. The van der Waals surface area contributed by atoms with Gasteiger partial charge in [0.25, 0.3) is 0 Å². The zero-order valence-corrected chi connectivity index (χ0v) is 14.8. The molecule has 2 rings (SSSR count). The molecule has 0 aromatic heterocycles. The molecule has 8 heteroatoms. The Balaban J connectivity index is 2.22. The molecule has 0 aliphatic heterocycles. The number of nitrogens with zero attached hydrogens (tertiary/aromatic N) is 1. The number of aliphatic carboxylic acids is 1. The lowest BCUT2D eigenvalue weighted by Gasteiger charge is -2.23. The summed E-state index contributed by atoms with van der Waals surface area (Å²) < 4.78 is 19.1. The van der Waals surface area contributed by atoms with E-state index >= 15 is 0 Å². The number of aromatic hydroxyl groups is 1. The van der Waals surface area contributed by atoms with E-state index in [1.807, 2.05) is 6.07 Å². The quantitative estimate of drug-likeness (QED) is 0.648. The number of phenolic OH excluding ortho intramolecular Hbond substituents is 1. The number of amides is 1. The number of carbonyl (C=O) groups excluding carboxylic acids is 1. The highest BCUT2D eigenvalue weighted by molar-refractivity contribution is 5.85. The van der Waals surface area contributed by atoms with Crippen LogP contribution >= 0.6 is 0 Å². The van der Waals surface area contributed by atoms with Crippen molar-refractivity contribution in [3.8, 4) is 11.8 Å². The van der Waals surface area contributed by atoms with Gasteiger partial charge in [-0.2, -0.15) is 5.26 Å². The van der Waals surface area contributed by atoms with Gasteiger partial charge in [-0.15, -0.1) is 0 Å². The molecule has 0 unspecified atom stereocenters. The summed E-state index contributed by atoms with van der Waals surface area (Å²) in [6, 6.07) is 11.5. The molecular formula is C20H17FN2O5. The normalized spacial score (nSPS) is 12.8. The minimum Gasteiger partial charge on any atom is -0.505 e. The predicted octanol–water partition coefficient (Wildman–Crippen LogP) is 3.97. The molecule has 0 fully saturated rings. The topological polar surface area (TPSA) is 120 Å². The smallest absolute Gasteiger partial charge is 0.412 e. The summed E-state index contributed by atoms with van der Waals surface area (Å²) in [5.74, 6) is -3.23. The first kappa shape index (κ1) is 20.5. The number of carbonyl (C=O) groups is 2.